The number of piperazine rings is 1. The summed E-state index contributed by atoms with van der Waals surface area (Å²) in [7, 11) is 0. The van der Waals surface area contributed by atoms with Crippen LogP contribution in [0.4, 0.5) is 5.69 Å². The van der Waals surface area contributed by atoms with Crippen molar-refractivity contribution in [3.8, 4) is 6.07 Å². The van der Waals surface area contributed by atoms with E-state index >= 15 is 0 Å². The Morgan fingerprint density at radius 2 is 2.22 bits per heavy atom. The summed E-state index contributed by atoms with van der Waals surface area (Å²) in [5.74, 6) is 0.464. The molecule has 1 aromatic carbocycles. The highest BCUT2D eigenvalue weighted by Gasteiger charge is 2.20. The van der Waals surface area contributed by atoms with Gasteiger partial charge in [0.25, 0.3) is 0 Å². The van der Waals surface area contributed by atoms with E-state index in [0.717, 1.165) is 30.9 Å². The van der Waals surface area contributed by atoms with E-state index in [1.807, 2.05) is 6.07 Å². The Labute approximate surface area is 109 Å². The number of nitrogens with one attached hydrogen (secondary N) is 1. The molecular formula is C15H21N3. The van der Waals surface area contributed by atoms with Gasteiger partial charge in [-0.05, 0) is 30.5 Å². The summed E-state index contributed by atoms with van der Waals surface area (Å²) in [6, 6.07) is 9.08. The van der Waals surface area contributed by atoms with Crippen molar-refractivity contribution in [2.45, 2.75) is 32.7 Å². The number of hydrogen-bond donors (Lipinski definition) is 1. The molecule has 0 unspecified atom stereocenters. The fraction of sp³-hybridized carbons (Fsp3) is 0.533. The molecule has 0 aromatic heterocycles. The predicted octanol–water partition coefficient (Wildman–Crippen LogP) is 2.48. The summed E-state index contributed by atoms with van der Waals surface area (Å²) in [6.45, 7) is 9.45. The normalized spacial score (nSPS) is 19.9. The van der Waals surface area contributed by atoms with Gasteiger partial charge in [-0.15, -0.1) is 0 Å². The summed E-state index contributed by atoms with van der Waals surface area (Å²) in [6.07, 6.45) is 0. The van der Waals surface area contributed by atoms with Gasteiger partial charge in [0.15, 0.2) is 0 Å². The molecule has 0 spiro atoms. The largest absolute Gasteiger partial charge is 0.365 e. The average Bonchev–Trinajstić information content (AvgIpc) is 2.38. The van der Waals surface area contributed by atoms with Gasteiger partial charge < -0.3 is 10.2 Å². The minimum Gasteiger partial charge on any atom is -0.365 e. The summed E-state index contributed by atoms with van der Waals surface area (Å²) >= 11 is 0. The van der Waals surface area contributed by atoms with Gasteiger partial charge in [-0.1, -0.05) is 19.9 Å². The van der Waals surface area contributed by atoms with Crippen molar-refractivity contribution in [3.05, 3.63) is 29.3 Å². The molecule has 1 atom stereocenters. The van der Waals surface area contributed by atoms with E-state index in [1.54, 1.807) is 0 Å². The van der Waals surface area contributed by atoms with Gasteiger partial charge >= 0.3 is 0 Å². The molecule has 1 aliphatic heterocycles. The summed E-state index contributed by atoms with van der Waals surface area (Å²) in [5.41, 5.74) is 3.11. The van der Waals surface area contributed by atoms with Gasteiger partial charge in [-0.2, -0.15) is 5.26 Å². The Balaban J connectivity index is 2.35. The van der Waals surface area contributed by atoms with E-state index in [2.05, 4.69) is 49.2 Å². The molecule has 0 amide bonds. The molecule has 1 aliphatic rings. The first-order chi connectivity index (χ1) is 8.63. The molecule has 1 fully saturated rings. The van der Waals surface area contributed by atoms with Crippen LogP contribution in [0.15, 0.2) is 18.2 Å². The standard InChI is InChI=1S/C15H21N3/c1-11(2)13-4-5-15(14(8-13)9-16)18-7-6-17-10-12(18)3/h4-5,8,11-12,17H,6-7,10H2,1-3H3/t12-/m0/s1. The topological polar surface area (TPSA) is 39.1 Å². The minimum atomic E-state index is 0.441. The lowest BCUT2D eigenvalue weighted by atomic mass is 9.99. The first kappa shape index (κ1) is 12.9. The minimum absolute atomic E-state index is 0.441. The SMILES string of the molecule is CC(C)c1ccc(N2CCNC[C@@H]2C)c(C#N)c1. The number of benzene rings is 1. The molecule has 3 heteroatoms. The third-order valence-corrected chi connectivity index (χ3v) is 3.62. The van der Waals surface area contributed by atoms with Crippen LogP contribution in [0.2, 0.25) is 0 Å². The van der Waals surface area contributed by atoms with Crippen LogP contribution in [0.1, 0.15) is 37.8 Å². The zero-order valence-electron chi connectivity index (χ0n) is 11.4. The fourth-order valence-electron chi connectivity index (χ4n) is 2.45. The second-order valence-electron chi connectivity index (χ2n) is 5.29. The average molecular weight is 243 g/mol. The van der Waals surface area contributed by atoms with Crippen molar-refractivity contribution in [3.63, 3.8) is 0 Å². The molecule has 1 saturated heterocycles. The van der Waals surface area contributed by atoms with Crippen LogP contribution in [-0.2, 0) is 0 Å². The summed E-state index contributed by atoms with van der Waals surface area (Å²) < 4.78 is 0. The van der Waals surface area contributed by atoms with Crippen molar-refractivity contribution in [2.75, 3.05) is 24.5 Å². The van der Waals surface area contributed by atoms with E-state index in [9.17, 15) is 5.26 Å². The lowest BCUT2D eigenvalue weighted by Gasteiger charge is -2.36. The van der Waals surface area contributed by atoms with Gasteiger partial charge in [-0.25, -0.2) is 0 Å². The van der Waals surface area contributed by atoms with Crippen LogP contribution in [0.25, 0.3) is 0 Å². The van der Waals surface area contributed by atoms with Gasteiger partial charge in [0.1, 0.15) is 6.07 Å². The number of hydrogen-bond acceptors (Lipinski definition) is 3. The van der Waals surface area contributed by atoms with Crippen LogP contribution in [0.3, 0.4) is 0 Å². The Bertz CT molecular complexity index is 459. The predicted molar refractivity (Wildman–Crippen MR) is 74.9 cm³/mol. The van der Waals surface area contributed by atoms with Crippen LogP contribution >= 0.6 is 0 Å². The monoisotopic (exact) mass is 243 g/mol. The number of nitriles is 1. The quantitative estimate of drug-likeness (QED) is 0.867. The molecule has 18 heavy (non-hydrogen) atoms. The maximum atomic E-state index is 9.35. The van der Waals surface area contributed by atoms with Crippen molar-refractivity contribution in [1.29, 1.82) is 5.26 Å². The second kappa shape index (κ2) is 5.41. The van der Waals surface area contributed by atoms with Crippen LogP contribution < -0.4 is 10.2 Å². The molecule has 0 bridgehead atoms. The van der Waals surface area contributed by atoms with E-state index in [4.69, 9.17) is 0 Å². The van der Waals surface area contributed by atoms with E-state index in [0.29, 0.717) is 12.0 Å². The van der Waals surface area contributed by atoms with Gasteiger partial charge in [0.05, 0.1) is 11.3 Å². The Morgan fingerprint density at radius 3 is 2.83 bits per heavy atom. The smallest absolute Gasteiger partial charge is 0.101 e. The highest BCUT2D eigenvalue weighted by molar-refractivity contribution is 5.61. The molecule has 0 radical (unpaired) electrons. The first-order valence-corrected chi connectivity index (χ1v) is 6.65. The Morgan fingerprint density at radius 1 is 1.44 bits per heavy atom. The van der Waals surface area contributed by atoms with Crippen molar-refractivity contribution in [1.82, 2.24) is 5.32 Å². The Kier molecular flexibility index (Phi) is 3.88. The molecule has 1 N–H and O–H groups in total. The number of rotatable bonds is 2. The maximum absolute atomic E-state index is 9.35. The molecule has 96 valence electrons. The fourth-order valence-corrected chi connectivity index (χ4v) is 2.45. The third kappa shape index (κ3) is 2.49. The molecular weight excluding hydrogens is 222 g/mol. The van der Waals surface area contributed by atoms with Gasteiger partial charge in [0.2, 0.25) is 0 Å². The second-order valence-corrected chi connectivity index (χ2v) is 5.29. The maximum Gasteiger partial charge on any atom is 0.101 e. The van der Waals surface area contributed by atoms with Crippen molar-refractivity contribution < 1.29 is 0 Å². The van der Waals surface area contributed by atoms with Crippen molar-refractivity contribution >= 4 is 5.69 Å². The molecule has 0 saturated carbocycles. The zero-order valence-corrected chi connectivity index (χ0v) is 11.4. The van der Waals surface area contributed by atoms with Gasteiger partial charge in [0, 0.05) is 25.7 Å². The van der Waals surface area contributed by atoms with Crippen LogP contribution in [0.5, 0.6) is 0 Å². The zero-order chi connectivity index (χ0) is 13.1. The molecule has 1 heterocycles. The highest BCUT2D eigenvalue weighted by Crippen LogP contribution is 2.26. The van der Waals surface area contributed by atoms with E-state index in [-0.39, 0.29) is 0 Å². The third-order valence-electron chi connectivity index (χ3n) is 3.62. The highest BCUT2D eigenvalue weighted by atomic mass is 15.2. The number of anilines is 1. The lowest BCUT2D eigenvalue weighted by molar-refractivity contribution is 0.500. The first-order valence-electron chi connectivity index (χ1n) is 6.65. The van der Waals surface area contributed by atoms with Crippen LogP contribution in [-0.4, -0.2) is 25.7 Å². The molecule has 3 nitrogen and oxygen atoms in total. The van der Waals surface area contributed by atoms with Crippen LogP contribution in [0, 0.1) is 11.3 Å². The summed E-state index contributed by atoms with van der Waals surface area (Å²) in [4.78, 5) is 2.33. The summed E-state index contributed by atoms with van der Waals surface area (Å²) in [5, 5.41) is 12.7. The molecule has 1 aromatic rings. The molecule has 0 aliphatic carbocycles. The Hall–Kier alpha value is -1.53. The van der Waals surface area contributed by atoms with Crippen molar-refractivity contribution in [2.24, 2.45) is 0 Å². The van der Waals surface area contributed by atoms with E-state index in [1.165, 1.54) is 5.56 Å². The molecule has 2 rings (SSSR count). The van der Waals surface area contributed by atoms with E-state index < -0.39 is 0 Å². The number of nitrogens with zero attached hydrogens (tertiary/aromatic N) is 2. The van der Waals surface area contributed by atoms with Gasteiger partial charge in [-0.3, -0.25) is 0 Å². The lowest BCUT2D eigenvalue weighted by Crippen LogP contribution is -2.50.